The highest BCUT2D eigenvalue weighted by molar-refractivity contribution is 6.11. The second-order valence-corrected chi connectivity index (χ2v) is 8.51. The van der Waals surface area contributed by atoms with Gasteiger partial charge in [-0.1, -0.05) is 17.4 Å². The lowest BCUT2D eigenvalue weighted by atomic mass is 9.95. The van der Waals surface area contributed by atoms with Gasteiger partial charge in [0.1, 0.15) is 5.82 Å². The van der Waals surface area contributed by atoms with E-state index in [0.717, 1.165) is 30.0 Å². The number of hydrogen-bond donors (Lipinski definition) is 3. The number of amides is 1. The number of halogens is 2. The SMILES string of the molecule is N=N/N=C(\Nc1cccc(F)c1F)c1cc(C2=CCN(C(=O)CC3CCOCC3)CC2)cnc1N. The second-order valence-electron chi connectivity index (χ2n) is 8.51. The Morgan fingerprint density at radius 2 is 2.11 bits per heavy atom. The molecule has 11 heteroatoms. The van der Waals surface area contributed by atoms with Crippen molar-refractivity contribution in [3.63, 3.8) is 0 Å². The summed E-state index contributed by atoms with van der Waals surface area (Å²) < 4.78 is 33.2. The Hall–Kier alpha value is -3.73. The van der Waals surface area contributed by atoms with Gasteiger partial charge in [0.15, 0.2) is 17.5 Å². The van der Waals surface area contributed by atoms with Crippen LogP contribution in [0.3, 0.4) is 0 Å². The number of anilines is 2. The van der Waals surface area contributed by atoms with Crippen molar-refractivity contribution in [2.45, 2.75) is 25.7 Å². The first kappa shape index (κ1) is 24.4. The maximum atomic E-state index is 14.2. The summed E-state index contributed by atoms with van der Waals surface area (Å²) >= 11 is 0. The molecule has 2 aromatic rings. The molecule has 0 spiro atoms. The molecule has 0 aliphatic carbocycles. The normalized spacial score (nSPS) is 17.1. The zero-order valence-corrected chi connectivity index (χ0v) is 19.1. The van der Waals surface area contributed by atoms with E-state index in [1.54, 1.807) is 12.3 Å². The Labute approximate surface area is 201 Å². The van der Waals surface area contributed by atoms with E-state index in [0.29, 0.717) is 50.6 Å². The summed E-state index contributed by atoms with van der Waals surface area (Å²) in [6, 6.07) is 5.38. The molecular formula is C24H27F2N7O2. The molecule has 1 fully saturated rings. The van der Waals surface area contributed by atoms with Crippen molar-refractivity contribution in [2.75, 3.05) is 37.4 Å². The molecule has 9 nitrogen and oxygen atoms in total. The standard InChI is InChI=1S/C24H27F2N7O2/c25-19-2-1-3-20(22(19)26)30-24(31-32-28)18-13-17(14-29-23(18)27)16-4-8-33(9-5-16)21(34)12-15-6-10-35-11-7-15/h1-4,13-15H,5-12H2,(H2,27,29)(H2,28,30,31). The van der Waals surface area contributed by atoms with Crippen LogP contribution in [-0.4, -0.2) is 47.9 Å². The fourth-order valence-corrected chi connectivity index (χ4v) is 4.25. The summed E-state index contributed by atoms with van der Waals surface area (Å²) in [5, 5.41) is 9.39. The summed E-state index contributed by atoms with van der Waals surface area (Å²) in [7, 11) is 0. The third kappa shape index (κ3) is 5.86. The summed E-state index contributed by atoms with van der Waals surface area (Å²) in [6.45, 7) is 2.51. The van der Waals surface area contributed by atoms with Crippen LogP contribution in [0.1, 0.15) is 36.8 Å². The smallest absolute Gasteiger partial charge is 0.223 e. The van der Waals surface area contributed by atoms with Crippen LogP contribution in [0.2, 0.25) is 0 Å². The molecule has 4 N–H and O–H groups in total. The fraction of sp³-hybridized carbons (Fsp3) is 0.375. The molecule has 1 saturated heterocycles. The summed E-state index contributed by atoms with van der Waals surface area (Å²) in [4.78, 5) is 18.8. The molecular weight excluding hydrogens is 456 g/mol. The molecule has 0 bridgehead atoms. The Balaban J connectivity index is 1.50. The highest BCUT2D eigenvalue weighted by Crippen LogP contribution is 2.27. The third-order valence-electron chi connectivity index (χ3n) is 6.27. The minimum atomic E-state index is -1.09. The average molecular weight is 484 g/mol. The van der Waals surface area contributed by atoms with Gasteiger partial charge in [0.2, 0.25) is 5.91 Å². The summed E-state index contributed by atoms with van der Waals surface area (Å²) in [5.41, 5.74) is 15.0. The minimum absolute atomic E-state index is 0.0407. The van der Waals surface area contributed by atoms with Crippen LogP contribution in [-0.2, 0) is 9.53 Å². The Morgan fingerprint density at radius 1 is 1.31 bits per heavy atom. The average Bonchev–Trinajstić information content (AvgIpc) is 2.87. The Bertz CT molecular complexity index is 1160. The lowest BCUT2D eigenvalue weighted by Crippen LogP contribution is -2.36. The lowest BCUT2D eigenvalue weighted by Gasteiger charge is -2.29. The summed E-state index contributed by atoms with van der Waals surface area (Å²) in [5.74, 6) is -1.54. The third-order valence-corrected chi connectivity index (χ3v) is 6.27. The van der Waals surface area contributed by atoms with Crippen molar-refractivity contribution in [3.05, 3.63) is 59.3 Å². The van der Waals surface area contributed by atoms with Gasteiger partial charge in [-0.05, 0) is 54.5 Å². The van der Waals surface area contributed by atoms with Gasteiger partial charge in [0, 0.05) is 38.9 Å². The van der Waals surface area contributed by atoms with E-state index in [4.69, 9.17) is 16.0 Å². The predicted octanol–water partition coefficient (Wildman–Crippen LogP) is 4.18. The molecule has 1 amide bonds. The van der Waals surface area contributed by atoms with Crippen LogP contribution < -0.4 is 11.1 Å². The molecule has 184 valence electrons. The first-order chi connectivity index (χ1) is 17.0. The van der Waals surface area contributed by atoms with E-state index in [1.165, 1.54) is 12.1 Å². The zero-order chi connectivity index (χ0) is 24.8. The number of nitrogens with one attached hydrogen (secondary N) is 2. The van der Waals surface area contributed by atoms with Crippen LogP contribution in [0.15, 0.2) is 46.9 Å². The van der Waals surface area contributed by atoms with Crippen LogP contribution in [0, 0.1) is 23.1 Å². The van der Waals surface area contributed by atoms with Gasteiger partial charge >= 0.3 is 0 Å². The van der Waals surface area contributed by atoms with Gasteiger partial charge in [0.05, 0.1) is 11.3 Å². The lowest BCUT2D eigenvalue weighted by molar-refractivity contribution is -0.132. The van der Waals surface area contributed by atoms with E-state index < -0.39 is 11.6 Å². The van der Waals surface area contributed by atoms with Crippen molar-refractivity contribution in [3.8, 4) is 0 Å². The topological polar surface area (TPSA) is 129 Å². The van der Waals surface area contributed by atoms with E-state index >= 15 is 0 Å². The number of carbonyl (C=O) groups is 1. The van der Waals surface area contributed by atoms with Gasteiger partial charge in [-0.3, -0.25) is 4.79 Å². The molecule has 2 aliphatic rings. The number of nitrogen functional groups attached to an aromatic ring is 1. The molecule has 0 saturated carbocycles. The van der Waals surface area contributed by atoms with Gasteiger partial charge < -0.3 is 20.7 Å². The predicted molar refractivity (Wildman–Crippen MR) is 128 cm³/mol. The number of aromatic nitrogens is 1. The molecule has 0 atom stereocenters. The van der Waals surface area contributed by atoms with E-state index in [-0.39, 0.29) is 23.2 Å². The van der Waals surface area contributed by atoms with Crippen LogP contribution in [0.5, 0.6) is 0 Å². The monoisotopic (exact) mass is 483 g/mol. The van der Waals surface area contributed by atoms with E-state index in [1.807, 2.05) is 11.0 Å². The maximum absolute atomic E-state index is 14.2. The largest absolute Gasteiger partial charge is 0.383 e. The number of pyridine rings is 1. The number of benzene rings is 1. The van der Waals surface area contributed by atoms with Gasteiger partial charge in [-0.25, -0.2) is 13.8 Å². The fourth-order valence-electron chi connectivity index (χ4n) is 4.25. The van der Waals surface area contributed by atoms with Crippen LogP contribution in [0.4, 0.5) is 20.3 Å². The number of hydrogen-bond acceptors (Lipinski definition) is 6. The number of ether oxygens (including phenoxy) is 1. The Kier molecular flexibility index (Phi) is 7.76. The highest BCUT2D eigenvalue weighted by Gasteiger charge is 2.24. The van der Waals surface area contributed by atoms with Crippen molar-refractivity contribution in [1.29, 1.82) is 5.53 Å². The van der Waals surface area contributed by atoms with Crippen molar-refractivity contribution in [2.24, 2.45) is 16.2 Å². The van der Waals surface area contributed by atoms with Crippen LogP contribution in [0.25, 0.3) is 5.57 Å². The van der Waals surface area contributed by atoms with Crippen molar-refractivity contribution < 1.29 is 18.3 Å². The molecule has 3 heterocycles. The molecule has 1 aromatic carbocycles. The van der Waals surface area contributed by atoms with Crippen molar-refractivity contribution >= 4 is 28.8 Å². The Morgan fingerprint density at radius 3 is 2.83 bits per heavy atom. The zero-order valence-electron chi connectivity index (χ0n) is 19.1. The molecule has 1 aromatic heterocycles. The first-order valence-electron chi connectivity index (χ1n) is 11.4. The van der Waals surface area contributed by atoms with Crippen molar-refractivity contribution in [1.82, 2.24) is 9.88 Å². The van der Waals surface area contributed by atoms with Gasteiger partial charge in [0.25, 0.3) is 0 Å². The second kappa shape index (κ2) is 11.1. The molecule has 4 rings (SSSR count). The maximum Gasteiger partial charge on any atom is 0.223 e. The molecule has 35 heavy (non-hydrogen) atoms. The molecule has 0 radical (unpaired) electrons. The number of rotatable bonds is 6. The van der Waals surface area contributed by atoms with E-state index in [2.05, 4.69) is 20.6 Å². The molecule has 2 aliphatic heterocycles. The van der Waals surface area contributed by atoms with Crippen LogP contribution >= 0.6 is 0 Å². The molecule has 0 unspecified atom stereocenters. The quantitative estimate of drug-likeness (QED) is 0.246. The number of carbonyl (C=O) groups excluding carboxylic acids is 1. The number of amidine groups is 1. The summed E-state index contributed by atoms with van der Waals surface area (Å²) in [6.07, 6.45) is 6.60. The van der Waals surface area contributed by atoms with Gasteiger partial charge in [-0.15, -0.1) is 5.10 Å². The van der Waals surface area contributed by atoms with E-state index in [9.17, 15) is 13.6 Å². The first-order valence-corrected chi connectivity index (χ1v) is 11.4. The minimum Gasteiger partial charge on any atom is -0.383 e. The number of nitrogens with zero attached hydrogens (tertiary/aromatic N) is 4. The van der Waals surface area contributed by atoms with Gasteiger partial charge in [-0.2, -0.15) is 5.53 Å². The number of nitrogens with two attached hydrogens (primary N) is 1. The highest BCUT2D eigenvalue weighted by atomic mass is 19.2.